The maximum absolute atomic E-state index is 5.24. The van der Waals surface area contributed by atoms with Crippen molar-refractivity contribution in [3.8, 4) is 5.75 Å². The van der Waals surface area contributed by atoms with Crippen LogP contribution < -0.4 is 15.4 Å². The van der Waals surface area contributed by atoms with Gasteiger partial charge >= 0.3 is 0 Å². The molecule has 0 radical (unpaired) electrons. The smallest absolute Gasteiger partial charge is 0.191 e. The second-order valence-corrected chi connectivity index (χ2v) is 5.44. The van der Waals surface area contributed by atoms with Crippen molar-refractivity contribution in [3.63, 3.8) is 0 Å². The van der Waals surface area contributed by atoms with Gasteiger partial charge in [0.1, 0.15) is 5.75 Å². The maximum Gasteiger partial charge on any atom is 0.191 e. The van der Waals surface area contributed by atoms with E-state index in [1.54, 1.807) is 14.2 Å². The molecular weight excluding hydrogens is 286 g/mol. The van der Waals surface area contributed by atoms with E-state index in [2.05, 4.69) is 52.9 Å². The van der Waals surface area contributed by atoms with Gasteiger partial charge in [0.15, 0.2) is 5.96 Å². The van der Waals surface area contributed by atoms with Crippen LogP contribution in [0.25, 0.3) is 0 Å². The highest BCUT2D eigenvalue weighted by atomic mass is 16.5. The molecule has 2 rings (SSSR count). The Balaban J connectivity index is 1.78. The molecule has 0 bridgehead atoms. The second-order valence-electron chi connectivity index (χ2n) is 5.44. The van der Waals surface area contributed by atoms with Crippen molar-refractivity contribution in [2.75, 3.05) is 20.7 Å². The van der Waals surface area contributed by atoms with Crippen LogP contribution in [-0.2, 0) is 13.0 Å². The van der Waals surface area contributed by atoms with Crippen LogP contribution in [-0.4, -0.2) is 26.7 Å². The number of nitrogens with one attached hydrogen (secondary N) is 2. The van der Waals surface area contributed by atoms with E-state index in [-0.39, 0.29) is 0 Å². The van der Waals surface area contributed by atoms with Crippen LogP contribution in [0, 0.1) is 6.92 Å². The average Bonchev–Trinajstić information content (AvgIpc) is 2.59. The minimum Gasteiger partial charge on any atom is -0.497 e. The third kappa shape index (κ3) is 5.66. The Kier molecular flexibility index (Phi) is 6.48. The van der Waals surface area contributed by atoms with Gasteiger partial charge in [0.25, 0.3) is 0 Å². The molecular formula is C19H25N3O. The summed E-state index contributed by atoms with van der Waals surface area (Å²) in [5.74, 6) is 1.67. The Morgan fingerprint density at radius 1 is 1.04 bits per heavy atom. The highest BCUT2D eigenvalue weighted by Crippen LogP contribution is 2.12. The first-order valence-electron chi connectivity index (χ1n) is 7.84. The number of benzene rings is 2. The highest BCUT2D eigenvalue weighted by molar-refractivity contribution is 5.79. The molecule has 0 spiro atoms. The molecule has 0 atom stereocenters. The van der Waals surface area contributed by atoms with Crippen molar-refractivity contribution in [1.82, 2.24) is 10.6 Å². The Labute approximate surface area is 138 Å². The van der Waals surface area contributed by atoms with Gasteiger partial charge in [-0.05, 0) is 36.6 Å². The number of hydrogen-bond donors (Lipinski definition) is 2. The topological polar surface area (TPSA) is 45.7 Å². The number of aliphatic imine (C=N–C) groups is 1. The van der Waals surface area contributed by atoms with Crippen LogP contribution in [0.1, 0.15) is 16.7 Å². The predicted octanol–water partition coefficient (Wildman–Crippen LogP) is 2.91. The lowest BCUT2D eigenvalue weighted by atomic mass is 10.1. The Bertz CT molecular complexity index is 635. The monoisotopic (exact) mass is 311 g/mol. The van der Waals surface area contributed by atoms with Gasteiger partial charge in [-0.3, -0.25) is 4.99 Å². The van der Waals surface area contributed by atoms with Gasteiger partial charge in [0.2, 0.25) is 0 Å². The quantitative estimate of drug-likeness (QED) is 0.637. The van der Waals surface area contributed by atoms with Crippen molar-refractivity contribution in [2.24, 2.45) is 4.99 Å². The van der Waals surface area contributed by atoms with Crippen molar-refractivity contribution in [3.05, 3.63) is 65.2 Å². The molecule has 4 heteroatoms. The van der Waals surface area contributed by atoms with Crippen LogP contribution >= 0.6 is 0 Å². The summed E-state index contributed by atoms with van der Waals surface area (Å²) in [6, 6.07) is 16.6. The molecule has 2 N–H and O–H groups in total. The molecule has 0 aromatic heterocycles. The first-order chi connectivity index (χ1) is 11.2. The van der Waals surface area contributed by atoms with E-state index in [0.29, 0.717) is 6.54 Å². The van der Waals surface area contributed by atoms with Crippen LogP contribution in [0.15, 0.2) is 53.5 Å². The van der Waals surface area contributed by atoms with Gasteiger partial charge in [-0.1, -0.05) is 42.0 Å². The number of aryl methyl sites for hydroxylation is 1. The summed E-state index contributed by atoms with van der Waals surface area (Å²) in [5, 5.41) is 6.65. The summed E-state index contributed by atoms with van der Waals surface area (Å²) in [6.45, 7) is 3.66. The van der Waals surface area contributed by atoms with E-state index in [1.165, 1.54) is 11.1 Å². The minimum atomic E-state index is 0.710. The summed E-state index contributed by atoms with van der Waals surface area (Å²) in [6.07, 6.45) is 0.972. The molecule has 0 unspecified atom stereocenters. The average molecular weight is 311 g/mol. The maximum atomic E-state index is 5.24. The molecule has 0 fully saturated rings. The molecule has 23 heavy (non-hydrogen) atoms. The van der Waals surface area contributed by atoms with Crippen LogP contribution in [0.4, 0.5) is 0 Å². The van der Waals surface area contributed by atoms with Gasteiger partial charge < -0.3 is 15.4 Å². The zero-order chi connectivity index (χ0) is 16.5. The predicted molar refractivity (Wildman–Crippen MR) is 96.1 cm³/mol. The number of ether oxygens (including phenoxy) is 1. The van der Waals surface area contributed by atoms with E-state index in [0.717, 1.165) is 30.2 Å². The molecule has 0 aliphatic rings. The van der Waals surface area contributed by atoms with E-state index in [4.69, 9.17) is 4.74 Å². The van der Waals surface area contributed by atoms with E-state index < -0.39 is 0 Å². The van der Waals surface area contributed by atoms with E-state index >= 15 is 0 Å². The number of nitrogens with zero attached hydrogens (tertiary/aromatic N) is 1. The van der Waals surface area contributed by atoms with Gasteiger partial charge in [0, 0.05) is 20.1 Å². The lowest BCUT2D eigenvalue weighted by Gasteiger charge is -2.12. The lowest BCUT2D eigenvalue weighted by molar-refractivity contribution is 0.414. The Morgan fingerprint density at radius 2 is 1.83 bits per heavy atom. The fourth-order valence-electron chi connectivity index (χ4n) is 2.27. The summed E-state index contributed by atoms with van der Waals surface area (Å²) < 4.78 is 5.24. The standard InChI is InChI=1S/C19H25N3O/c1-15-7-9-16(10-8-15)11-12-21-19(20-2)22-14-17-5-4-6-18(13-17)23-3/h4-10,13H,11-12,14H2,1-3H3,(H2,20,21,22). The minimum absolute atomic E-state index is 0.710. The second kappa shape index (κ2) is 8.83. The SMILES string of the molecule is CN=C(NCCc1ccc(C)cc1)NCc1cccc(OC)c1. The third-order valence-electron chi connectivity index (χ3n) is 3.64. The van der Waals surface area contributed by atoms with Gasteiger partial charge in [0.05, 0.1) is 7.11 Å². The molecule has 0 heterocycles. The lowest BCUT2D eigenvalue weighted by Crippen LogP contribution is -2.37. The molecule has 0 aliphatic carbocycles. The number of guanidine groups is 1. The number of rotatable bonds is 6. The summed E-state index contributed by atoms with van der Waals surface area (Å²) in [5.41, 5.74) is 3.77. The first-order valence-corrected chi connectivity index (χ1v) is 7.84. The van der Waals surface area contributed by atoms with Crippen molar-refractivity contribution >= 4 is 5.96 Å². The normalized spacial score (nSPS) is 11.2. The summed E-state index contributed by atoms with van der Waals surface area (Å²) in [7, 11) is 3.46. The fraction of sp³-hybridized carbons (Fsp3) is 0.316. The molecule has 2 aromatic rings. The van der Waals surface area contributed by atoms with E-state index in [1.807, 2.05) is 18.2 Å². The van der Waals surface area contributed by atoms with Crippen LogP contribution in [0.5, 0.6) is 5.75 Å². The van der Waals surface area contributed by atoms with Gasteiger partial charge in [-0.25, -0.2) is 0 Å². The van der Waals surface area contributed by atoms with Crippen molar-refractivity contribution < 1.29 is 4.74 Å². The van der Waals surface area contributed by atoms with Gasteiger partial charge in [-0.15, -0.1) is 0 Å². The van der Waals surface area contributed by atoms with Crippen LogP contribution in [0.3, 0.4) is 0 Å². The molecule has 2 aromatic carbocycles. The molecule has 0 amide bonds. The third-order valence-corrected chi connectivity index (χ3v) is 3.64. The zero-order valence-corrected chi connectivity index (χ0v) is 14.1. The molecule has 0 saturated heterocycles. The summed E-state index contributed by atoms with van der Waals surface area (Å²) >= 11 is 0. The van der Waals surface area contributed by atoms with Crippen molar-refractivity contribution in [1.29, 1.82) is 0 Å². The molecule has 4 nitrogen and oxygen atoms in total. The number of methoxy groups -OCH3 is 1. The van der Waals surface area contributed by atoms with Gasteiger partial charge in [-0.2, -0.15) is 0 Å². The zero-order valence-electron chi connectivity index (χ0n) is 14.1. The Morgan fingerprint density at radius 3 is 2.52 bits per heavy atom. The largest absolute Gasteiger partial charge is 0.497 e. The molecule has 0 saturated carbocycles. The van der Waals surface area contributed by atoms with Crippen molar-refractivity contribution in [2.45, 2.75) is 19.9 Å². The summed E-state index contributed by atoms with van der Waals surface area (Å²) in [4.78, 5) is 4.25. The molecule has 122 valence electrons. The van der Waals surface area contributed by atoms with E-state index in [9.17, 15) is 0 Å². The first kappa shape index (κ1) is 16.9. The fourth-order valence-corrected chi connectivity index (χ4v) is 2.27. The molecule has 0 aliphatic heterocycles. The van der Waals surface area contributed by atoms with Crippen LogP contribution in [0.2, 0.25) is 0 Å². The Hall–Kier alpha value is -2.49. The number of hydrogen-bond acceptors (Lipinski definition) is 2. The highest BCUT2D eigenvalue weighted by Gasteiger charge is 2.00.